The lowest BCUT2D eigenvalue weighted by atomic mass is 10.0. The third-order valence-electron chi connectivity index (χ3n) is 7.59. The summed E-state index contributed by atoms with van der Waals surface area (Å²) >= 11 is 1.55. The van der Waals surface area contributed by atoms with Gasteiger partial charge in [0.05, 0.1) is 30.2 Å². The van der Waals surface area contributed by atoms with Crippen molar-refractivity contribution in [3.63, 3.8) is 0 Å². The molecule has 46 heavy (non-hydrogen) atoms. The molecule has 11 heteroatoms. The van der Waals surface area contributed by atoms with Gasteiger partial charge in [-0.2, -0.15) is 0 Å². The van der Waals surface area contributed by atoms with Gasteiger partial charge in [-0.15, -0.1) is 0 Å². The summed E-state index contributed by atoms with van der Waals surface area (Å²) in [4.78, 5) is 33.2. The third-order valence-corrected chi connectivity index (χ3v) is 8.60. The Labute approximate surface area is 273 Å². The van der Waals surface area contributed by atoms with Gasteiger partial charge in [-0.05, 0) is 47.7 Å². The summed E-state index contributed by atoms with van der Waals surface area (Å²) in [6.45, 7) is 0.389. The maximum Gasteiger partial charge on any atom is 0.224 e. The number of ether oxygens (including phenoxy) is 2. The normalized spacial score (nSPS) is 17.7. The number of carbonyl (C=O) groups excluding carboxylic acids is 2. The Kier molecular flexibility index (Phi) is 12.1. The Bertz CT molecular complexity index is 1560. The summed E-state index contributed by atoms with van der Waals surface area (Å²) < 4.78 is 12.8. The van der Waals surface area contributed by atoms with Gasteiger partial charge in [0.25, 0.3) is 0 Å². The van der Waals surface area contributed by atoms with Crippen LogP contribution in [0.5, 0.6) is 0 Å². The fourth-order valence-electron chi connectivity index (χ4n) is 5.03. The highest BCUT2D eigenvalue weighted by atomic mass is 32.2. The molecule has 0 bridgehead atoms. The zero-order valence-electron chi connectivity index (χ0n) is 25.5. The molecule has 3 unspecified atom stereocenters. The van der Waals surface area contributed by atoms with Crippen LogP contribution in [0.4, 0.5) is 11.4 Å². The van der Waals surface area contributed by atoms with Gasteiger partial charge in [0, 0.05) is 49.5 Å². The monoisotopic (exact) mass is 641 g/mol. The second kappa shape index (κ2) is 16.9. The highest BCUT2D eigenvalue weighted by molar-refractivity contribution is 7.99. The van der Waals surface area contributed by atoms with Gasteiger partial charge in [-0.25, -0.2) is 9.97 Å². The predicted octanol–water partition coefficient (Wildman–Crippen LogP) is 5.70. The van der Waals surface area contributed by atoms with E-state index in [2.05, 4.69) is 20.6 Å². The number of nitrogen functional groups attached to an aromatic ring is 1. The summed E-state index contributed by atoms with van der Waals surface area (Å²) in [5, 5.41) is 15.9. The number of aliphatic hydroxyl groups is 1. The number of hydrogen-bond acceptors (Lipinski definition) is 9. The van der Waals surface area contributed by atoms with Crippen molar-refractivity contribution in [2.75, 3.05) is 16.8 Å². The first-order valence-corrected chi connectivity index (χ1v) is 16.4. The number of nitrogens with zero attached hydrogens (tertiary/aromatic N) is 2. The van der Waals surface area contributed by atoms with Crippen molar-refractivity contribution in [2.24, 2.45) is 0 Å². The van der Waals surface area contributed by atoms with Gasteiger partial charge in [0.1, 0.15) is 0 Å². The fourth-order valence-corrected chi connectivity index (χ4v) is 5.85. The summed E-state index contributed by atoms with van der Waals surface area (Å²) in [7, 11) is 0. The van der Waals surface area contributed by atoms with Crippen molar-refractivity contribution in [1.29, 1.82) is 0 Å². The molecule has 0 aliphatic carbocycles. The van der Waals surface area contributed by atoms with Crippen molar-refractivity contribution in [1.82, 2.24) is 15.3 Å². The van der Waals surface area contributed by atoms with Gasteiger partial charge in [0.2, 0.25) is 11.8 Å². The van der Waals surface area contributed by atoms with Crippen LogP contribution in [0.15, 0.2) is 96.4 Å². The molecule has 1 fully saturated rings. The van der Waals surface area contributed by atoms with Gasteiger partial charge >= 0.3 is 0 Å². The molecular formula is C35H39N5O5S. The molecule has 4 aromatic rings. The van der Waals surface area contributed by atoms with Crippen LogP contribution in [0.2, 0.25) is 0 Å². The number of amides is 2. The molecule has 1 aromatic heterocycles. The highest BCUT2D eigenvalue weighted by Gasteiger charge is 2.32. The van der Waals surface area contributed by atoms with Gasteiger partial charge in [0.15, 0.2) is 11.4 Å². The van der Waals surface area contributed by atoms with Gasteiger partial charge in [-0.1, -0.05) is 72.4 Å². The largest absolute Gasteiger partial charge is 0.397 e. The van der Waals surface area contributed by atoms with Crippen LogP contribution in [0.25, 0.3) is 0 Å². The Hall–Kier alpha value is -4.29. The molecule has 0 saturated carbocycles. The summed E-state index contributed by atoms with van der Waals surface area (Å²) in [5.41, 5.74) is 10.7. The maximum absolute atomic E-state index is 12.4. The zero-order chi connectivity index (χ0) is 32.1. The van der Waals surface area contributed by atoms with Crippen LogP contribution in [-0.4, -0.2) is 38.7 Å². The topological polar surface area (TPSA) is 149 Å². The number of carbonyl (C=O) groups is 2. The molecule has 1 aliphatic heterocycles. The lowest BCUT2D eigenvalue weighted by molar-refractivity contribution is -0.245. The van der Waals surface area contributed by atoms with Crippen molar-refractivity contribution in [3.05, 3.63) is 114 Å². The Morgan fingerprint density at radius 3 is 2.24 bits per heavy atom. The van der Waals surface area contributed by atoms with Gasteiger partial charge in [-0.3, -0.25) is 9.59 Å². The maximum atomic E-state index is 12.4. The van der Waals surface area contributed by atoms with Crippen LogP contribution in [0.1, 0.15) is 66.8 Å². The number of nitrogens with one attached hydrogen (secondary N) is 2. The van der Waals surface area contributed by atoms with E-state index in [1.807, 2.05) is 60.7 Å². The van der Waals surface area contributed by atoms with Crippen LogP contribution >= 0.6 is 11.8 Å². The molecule has 3 aromatic carbocycles. The summed E-state index contributed by atoms with van der Waals surface area (Å²) in [6, 6.07) is 24.6. The van der Waals surface area contributed by atoms with E-state index in [4.69, 9.17) is 15.2 Å². The molecule has 5 N–H and O–H groups in total. The first-order chi connectivity index (χ1) is 22.5. The predicted molar refractivity (Wildman–Crippen MR) is 177 cm³/mol. The lowest BCUT2D eigenvalue weighted by Crippen LogP contribution is -2.31. The van der Waals surface area contributed by atoms with E-state index in [1.54, 1.807) is 42.4 Å². The minimum atomic E-state index is -0.572. The van der Waals surface area contributed by atoms with Crippen molar-refractivity contribution in [3.8, 4) is 0 Å². The average molecular weight is 642 g/mol. The molecule has 1 saturated heterocycles. The average Bonchev–Trinajstić information content (AvgIpc) is 3.10. The standard InChI is InChI=1S/C35H39N5O5S/c36-29-6-1-2-7-30(29)40-33(43)9-4-3-8-32(42)39-21-24-10-16-27(17-11-24)34-44-28(23-46-35-37-18-5-19-38-35)20-31(45-34)26-14-12-25(22-41)13-15-26/h1-2,5-7,10-19,28,31,34,41H,3-4,8-9,20-23,36H2,(H,39,42)(H,40,43). The number of thioether (sulfide) groups is 1. The molecule has 0 spiro atoms. The van der Waals surface area contributed by atoms with Crippen LogP contribution in [-0.2, 0) is 32.2 Å². The molecule has 1 aliphatic rings. The number of aromatic nitrogens is 2. The summed E-state index contributed by atoms with van der Waals surface area (Å²) in [6.07, 6.45) is 5.15. The van der Waals surface area contributed by atoms with E-state index in [0.717, 1.165) is 22.3 Å². The molecule has 0 radical (unpaired) electrons. The van der Waals surface area contributed by atoms with E-state index in [0.29, 0.717) is 60.9 Å². The minimum Gasteiger partial charge on any atom is -0.397 e. The van der Waals surface area contributed by atoms with Crippen LogP contribution < -0.4 is 16.4 Å². The molecule has 240 valence electrons. The number of unbranched alkanes of at least 4 members (excludes halogenated alkanes) is 1. The molecule has 2 amide bonds. The van der Waals surface area contributed by atoms with Crippen molar-refractivity contribution >= 4 is 35.0 Å². The Morgan fingerprint density at radius 1 is 0.848 bits per heavy atom. The first kappa shape index (κ1) is 33.1. The number of nitrogens with two attached hydrogens (primary N) is 1. The number of aliphatic hydroxyl groups excluding tert-OH is 1. The number of hydrogen-bond donors (Lipinski definition) is 4. The Morgan fingerprint density at radius 2 is 1.52 bits per heavy atom. The number of anilines is 2. The van der Waals surface area contributed by atoms with E-state index in [1.165, 1.54) is 0 Å². The third kappa shape index (κ3) is 9.85. The number of rotatable bonds is 14. The summed E-state index contributed by atoms with van der Waals surface area (Å²) in [5.74, 6) is 0.491. The van der Waals surface area contributed by atoms with Crippen LogP contribution in [0, 0.1) is 0 Å². The van der Waals surface area contributed by atoms with E-state index in [9.17, 15) is 14.7 Å². The first-order valence-electron chi connectivity index (χ1n) is 15.4. The highest BCUT2D eigenvalue weighted by Crippen LogP contribution is 2.39. The smallest absolute Gasteiger partial charge is 0.224 e. The van der Waals surface area contributed by atoms with Gasteiger partial charge < -0.3 is 30.9 Å². The van der Waals surface area contributed by atoms with Crippen molar-refractivity contribution < 1.29 is 24.2 Å². The molecule has 10 nitrogen and oxygen atoms in total. The molecule has 5 rings (SSSR count). The fraction of sp³-hybridized carbons (Fsp3) is 0.314. The van der Waals surface area contributed by atoms with Crippen molar-refractivity contribution in [2.45, 2.75) is 68.9 Å². The van der Waals surface area contributed by atoms with E-state index in [-0.39, 0.29) is 30.6 Å². The molecular weight excluding hydrogens is 602 g/mol. The van der Waals surface area contributed by atoms with Crippen LogP contribution in [0.3, 0.4) is 0 Å². The Balaban J connectivity index is 1.10. The quantitative estimate of drug-likeness (QED) is 0.0588. The molecule has 3 atom stereocenters. The second-order valence-corrected chi connectivity index (χ2v) is 12.0. The minimum absolute atomic E-state index is 0.00907. The number of benzene rings is 3. The second-order valence-electron chi connectivity index (χ2n) is 11.1. The zero-order valence-corrected chi connectivity index (χ0v) is 26.3. The van der Waals surface area contributed by atoms with E-state index < -0.39 is 6.29 Å². The lowest BCUT2D eigenvalue weighted by Gasteiger charge is -2.36. The molecule has 2 heterocycles. The number of para-hydroxylation sites is 2. The SMILES string of the molecule is Nc1ccccc1NC(=O)CCCCC(=O)NCc1ccc(C2OC(CSc3ncccn3)CC(c3ccc(CO)cc3)O2)cc1. The van der Waals surface area contributed by atoms with E-state index >= 15 is 0 Å².